The highest BCUT2D eigenvalue weighted by Gasteiger charge is 2.14. The zero-order chi connectivity index (χ0) is 8.10. The maximum Gasteiger partial charge on any atom is 0.332 e. The largest absolute Gasteiger partial charge is 0.437 e. The Morgan fingerprint density at radius 1 is 1.55 bits per heavy atom. The van der Waals surface area contributed by atoms with E-state index in [0.717, 1.165) is 0 Å². The molecule has 1 aliphatic heterocycles. The molecule has 0 fully saturated rings. The molecule has 1 heterocycles. The van der Waals surface area contributed by atoms with E-state index in [1.807, 2.05) is 10.8 Å². The van der Waals surface area contributed by atoms with Crippen molar-refractivity contribution >= 4 is 29.5 Å². The Kier molecular flexibility index (Phi) is 3.59. The fraction of sp³-hybridized carbons (Fsp3) is 0.286. The van der Waals surface area contributed by atoms with Crippen molar-refractivity contribution in [2.24, 2.45) is 0 Å². The number of thioether (sulfide) groups is 2. The highest BCUT2D eigenvalue weighted by molar-refractivity contribution is 8.22. The normalized spacial score (nSPS) is 17.9. The van der Waals surface area contributed by atoms with Gasteiger partial charge in [0.15, 0.2) is 0 Å². The van der Waals surface area contributed by atoms with Gasteiger partial charge < -0.3 is 4.74 Å². The van der Waals surface area contributed by atoms with Crippen molar-refractivity contribution in [1.29, 1.82) is 0 Å². The van der Waals surface area contributed by atoms with Crippen molar-refractivity contribution in [3.05, 3.63) is 23.0 Å². The van der Waals surface area contributed by atoms with E-state index in [4.69, 9.17) is 4.74 Å². The number of hydrogen-bond acceptors (Lipinski definition) is 4. The molecule has 0 aromatic carbocycles. The molecule has 0 aromatic rings. The number of carbonyl (C=O) groups is 1. The first-order valence-electron chi connectivity index (χ1n) is 3.12. The average molecular weight is 188 g/mol. The van der Waals surface area contributed by atoms with Crippen molar-refractivity contribution in [3.63, 3.8) is 0 Å². The number of carbonyl (C=O) groups excluding carboxylic acids is 1. The van der Waals surface area contributed by atoms with Crippen LogP contribution in [-0.2, 0) is 9.53 Å². The van der Waals surface area contributed by atoms with Crippen molar-refractivity contribution in [3.8, 4) is 0 Å². The van der Waals surface area contributed by atoms with Crippen LogP contribution in [0.15, 0.2) is 23.0 Å². The number of hydrogen-bond donors (Lipinski definition) is 0. The summed E-state index contributed by atoms with van der Waals surface area (Å²) in [6.45, 7) is 1.79. The van der Waals surface area contributed by atoms with E-state index in [0.29, 0.717) is 0 Å². The molecule has 0 bridgehead atoms. The molecule has 2 nitrogen and oxygen atoms in total. The summed E-state index contributed by atoms with van der Waals surface area (Å²) in [5.41, 5.74) is 0. The van der Waals surface area contributed by atoms with Crippen LogP contribution in [0, 0.1) is 0 Å². The Morgan fingerprint density at radius 2 is 2.18 bits per heavy atom. The third-order valence-electron chi connectivity index (χ3n) is 0.950. The quantitative estimate of drug-likeness (QED) is 0.491. The van der Waals surface area contributed by atoms with Gasteiger partial charge in [0.05, 0.1) is 0 Å². The summed E-state index contributed by atoms with van der Waals surface area (Å²) in [6.07, 6.45) is 3.08. The minimum absolute atomic E-state index is 0.0845. The fourth-order valence-electron chi connectivity index (χ4n) is 0.550. The molecular formula is C7H8O2S2. The lowest BCUT2D eigenvalue weighted by Gasteiger charge is -2.06. The molecule has 0 radical (unpaired) electrons. The Bertz CT molecular complexity index is 191. The van der Waals surface area contributed by atoms with Gasteiger partial charge in [-0.25, -0.2) is 4.79 Å². The van der Waals surface area contributed by atoms with Crippen molar-refractivity contribution in [1.82, 2.24) is 0 Å². The Hall–Kier alpha value is -0.350. The Labute approximate surface area is 74.1 Å². The van der Waals surface area contributed by atoms with Gasteiger partial charge in [0, 0.05) is 6.08 Å². The highest BCUT2D eigenvalue weighted by Crippen LogP contribution is 2.33. The zero-order valence-electron chi connectivity index (χ0n) is 6.02. The van der Waals surface area contributed by atoms with Crippen LogP contribution in [0.5, 0.6) is 0 Å². The molecule has 0 atom stereocenters. The van der Waals surface area contributed by atoms with Crippen molar-refractivity contribution < 1.29 is 9.53 Å². The van der Waals surface area contributed by atoms with E-state index in [-0.39, 0.29) is 10.7 Å². The van der Waals surface area contributed by atoms with Crippen LogP contribution in [0.4, 0.5) is 0 Å². The number of rotatable bonds is 2. The van der Waals surface area contributed by atoms with Crippen LogP contribution in [-0.4, -0.2) is 10.7 Å². The summed E-state index contributed by atoms with van der Waals surface area (Å²) in [5.74, 6) is -0.277. The predicted molar refractivity (Wildman–Crippen MR) is 49.0 cm³/mol. The molecule has 0 saturated heterocycles. The first-order chi connectivity index (χ1) is 5.33. The van der Waals surface area contributed by atoms with Gasteiger partial charge in [-0.1, -0.05) is 29.6 Å². The van der Waals surface area contributed by atoms with E-state index in [2.05, 4.69) is 0 Å². The summed E-state index contributed by atoms with van der Waals surface area (Å²) in [7, 11) is 0. The van der Waals surface area contributed by atoms with Crippen LogP contribution in [0.2, 0.25) is 0 Å². The standard InChI is InChI=1S/C7H8O2S2/c1-2-3-6(8)9-7-10-4-5-11-7/h2-5,7H,1H3. The topological polar surface area (TPSA) is 26.3 Å². The van der Waals surface area contributed by atoms with E-state index >= 15 is 0 Å². The van der Waals surface area contributed by atoms with Crippen LogP contribution in [0.3, 0.4) is 0 Å². The minimum Gasteiger partial charge on any atom is -0.437 e. The monoisotopic (exact) mass is 188 g/mol. The predicted octanol–water partition coefficient (Wildman–Crippen LogP) is 2.34. The van der Waals surface area contributed by atoms with Crippen LogP contribution in [0.1, 0.15) is 6.92 Å². The maximum absolute atomic E-state index is 10.8. The number of ether oxygens (including phenoxy) is 1. The van der Waals surface area contributed by atoms with Gasteiger partial charge in [-0.3, -0.25) is 0 Å². The first kappa shape index (κ1) is 8.74. The van der Waals surface area contributed by atoms with Crippen molar-refractivity contribution in [2.45, 2.75) is 11.7 Å². The lowest BCUT2D eigenvalue weighted by atomic mass is 10.5. The van der Waals surface area contributed by atoms with Gasteiger partial charge in [-0.15, -0.1) is 0 Å². The lowest BCUT2D eigenvalue weighted by molar-refractivity contribution is -0.136. The van der Waals surface area contributed by atoms with E-state index < -0.39 is 0 Å². The van der Waals surface area contributed by atoms with Gasteiger partial charge >= 0.3 is 5.97 Å². The second-order valence-corrected chi connectivity index (χ2v) is 4.01. The van der Waals surface area contributed by atoms with Crippen LogP contribution >= 0.6 is 23.5 Å². The summed E-state index contributed by atoms with van der Waals surface area (Å²) in [6, 6.07) is 0. The average Bonchev–Trinajstić information content (AvgIpc) is 2.40. The number of esters is 1. The molecule has 0 aromatic heterocycles. The molecular weight excluding hydrogens is 180 g/mol. The van der Waals surface area contributed by atoms with Gasteiger partial charge in [-0.05, 0) is 17.7 Å². The maximum atomic E-state index is 10.8. The molecule has 4 heteroatoms. The van der Waals surface area contributed by atoms with Crippen LogP contribution in [0.25, 0.3) is 0 Å². The highest BCUT2D eigenvalue weighted by atomic mass is 32.2. The smallest absolute Gasteiger partial charge is 0.332 e. The van der Waals surface area contributed by atoms with E-state index in [1.54, 1.807) is 13.0 Å². The van der Waals surface area contributed by atoms with E-state index in [9.17, 15) is 4.79 Å². The molecule has 1 aliphatic rings. The fourth-order valence-corrected chi connectivity index (χ4v) is 2.26. The SMILES string of the molecule is CC=CC(=O)OC1SC=CS1. The second kappa shape index (κ2) is 4.51. The molecule has 1 rings (SSSR count). The number of allylic oxidation sites excluding steroid dienone is 1. The third-order valence-corrected chi connectivity index (χ3v) is 3.01. The molecule has 0 amide bonds. The summed E-state index contributed by atoms with van der Waals surface area (Å²) in [5, 5.41) is 3.83. The zero-order valence-corrected chi connectivity index (χ0v) is 7.65. The molecule has 0 unspecified atom stereocenters. The van der Waals surface area contributed by atoms with Gasteiger partial charge in [0.2, 0.25) is 4.77 Å². The Balaban J connectivity index is 2.25. The van der Waals surface area contributed by atoms with Gasteiger partial charge in [0.1, 0.15) is 0 Å². The third kappa shape index (κ3) is 3.03. The Morgan fingerprint density at radius 3 is 2.73 bits per heavy atom. The van der Waals surface area contributed by atoms with Gasteiger partial charge in [-0.2, -0.15) is 0 Å². The van der Waals surface area contributed by atoms with E-state index in [1.165, 1.54) is 29.6 Å². The molecule has 0 N–H and O–H groups in total. The first-order valence-corrected chi connectivity index (χ1v) is 5.01. The molecule has 11 heavy (non-hydrogen) atoms. The van der Waals surface area contributed by atoms with Gasteiger partial charge in [0.25, 0.3) is 0 Å². The molecule has 0 spiro atoms. The molecule has 60 valence electrons. The minimum atomic E-state index is -0.277. The molecule has 0 saturated carbocycles. The van der Waals surface area contributed by atoms with Crippen LogP contribution < -0.4 is 0 Å². The summed E-state index contributed by atoms with van der Waals surface area (Å²) in [4.78, 5) is 10.8. The lowest BCUT2D eigenvalue weighted by Crippen LogP contribution is -2.06. The summed E-state index contributed by atoms with van der Waals surface area (Å²) < 4.78 is 4.90. The van der Waals surface area contributed by atoms with Crippen molar-refractivity contribution in [2.75, 3.05) is 0 Å². The second-order valence-electron chi connectivity index (χ2n) is 1.77. The molecule has 0 aliphatic carbocycles. The summed E-state index contributed by atoms with van der Waals surface area (Å²) >= 11 is 3.00.